The summed E-state index contributed by atoms with van der Waals surface area (Å²) in [6.45, 7) is 7.31. The van der Waals surface area contributed by atoms with Crippen LogP contribution in [0.15, 0.2) is 24.4 Å². The second-order valence-corrected chi connectivity index (χ2v) is 2.81. The molecule has 0 aliphatic carbocycles. The normalized spacial score (nSPS) is 10.2. The molecule has 0 amide bonds. The number of nitrogens with zero attached hydrogens (tertiary/aromatic N) is 2. The van der Waals surface area contributed by atoms with Gasteiger partial charge in [0.15, 0.2) is 0 Å². The summed E-state index contributed by atoms with van der Waals surface area (Å²) in [6, 6.07) is 1.93. The predicted molar refractivity (Wildman–Crippen MR) is 49.5 cm³/mol. The zero-order chi connectivity index (χ0) is 8.97. The number of rotatable bonds is 4. The Bertz CT molecular complexity index is 262. The number of hydrogen-bond donors (Lipinski definition) is 1. The molecule has 1 heterocycles. The van der Waals surface area contributed by atoms with Crippen LogP contribution in [0.4, 0.5) is 0 Å². The van der Waals surface area contributed by atoms with Crippen LogP contribution in [0.3, 0.4) is 0 Å². The molecule has 2 N–H and O–H groups in total. The first-order chi connectivity index (χ1) is 5.76. The van der Waals surface area contributed by atoms with Gasteiger partial charge in [-0.1, -0.05) is 19.1 Å². The van der Waals surface area contributed by atoms with Crippen molar-refractivity contribution >= 4 is 0 Å². The lowest BCUT2D eigenvalue weighted by atomic mass is 10.2. The van der Waals surface area contributed by atoms with Crippen molar-refractivity contribution in [2.45, 2.75) is 26.4 Å². The van der Waals surface area contributed by atoms with E-state index in [0.29, 0.717) is 6.54 Å². The number of hydrogen-bond acceptors (Lipinski definition) is 2. The van der Waals surface area contributed by atoms with Crippen molar-refractivity contribution in [3.05, 3.63) is 30.1 Å². The van der Waals surface area contributed by atoms with Crippen molar-refractivity contribution < 1.29 is 0 Å². The average Bonchev–Trinajstić information content (AvgIpc) is 2.52. The minimum atomic E-state index is 0.506. The summed E-state index contributed by atoms with van der Waals surface area (Å²) in [5, 5.41) is 4.25. The lowest BCUT2D eigenvalue weighted by molar-refractivity contribution is 0.652. The summed E-state index contributed by atoms with van der Waals surface area (Å²) in [5.74, 6) is 0. The molecule has 1 aromatic rings. The molecule has 0 fully saturated rings. The Kier molecular flexibility index (Phi) is 3.05. The van der Waals surface area contributed by atoms with Gasteiger partial charge in [-0.05, 0) is 12.5 Å². The second-order valence-electron chi connectivity index (χ2n) is 2.81. The molecule has 0 atom stereocenters. The fraction of sp³-hybridized carbons (Fsp3) is 0.444. The van der Waals surface area contributed by atoms with E-state index in [1.54, 1.807) is 0 Å². The Hall–Kier alpha value is -1.09. The Labute approximate surface area is 72.9 Å². The molecule has 3 nitrogen and oxygen atoms in total. The summed E-state index contributed by atoms with van der Waals surface area (Å²) < 4.78 is 1.87. The summed E-state index contributed by atoms with van der Waals surface area (Å²) in [6.07, 6.45) is 2.93. The van der Waals surface area contributed by atoms with Gasteiger partial charge in [0, 0.05) is 12.7 Å². The molecule has 0 bridgehead atoms. The van der Waals surface area contributed by atoms with Gasteiger partial charge in [0.1, 0.15) is 0 Å². The Morgan fingerprint density at radius 1 is 1.75 bits per heavy atom. The molecule has 0 aliphatic heterocycles. The zero-order valence-electron chi connectivity index (χ0n) is 7.45. The van der Waals surface area contributed by atoms with Gasteiger partial charge in [0.25, 0.3) is 0 Å². The molecule has 66 valence electrons. The lowest BCUT2D eigenvalue weighted by Crippen LogP contribution is -2.03. The van der Waals surface area contributed by atoms with Crippen LogP contribution in [0.2, 0.25) is 0 Å². The number of aromatic nitrogens is 2. The maximum atomic E-state index is 5.43. The highest BCUT2D eigenvalue weighted by molar-refractivity contribution is 5.00. The van der Waals surface area contributed by atoms with Gasteiger partial charge in [-0.25, -0.2) is 0 Å². The van der Waals surface area contributed by atoms with Gasteiger partial charge in [-0.15, -0.1) is 0 Å². The molecule has 0 spiro atoms. The number of nitrogens with two attached hydrogens (primary N) is 1. The Morgan fingerprint density at radius 2 is 2.50 bits per heavy atom. The molecule has 0 aromatic carbocycles. The van der Waals surface area contributed by atoms with Crippen LogP contribution in [-0.4, -0.2) is 9.78 Å². The molecule has 0 saturated heterocycles. The summed E-state index contributed by atoms with van der Waals surface area (Å²) >= 11 is 0. The van der Waals surface area contributed by atoms with Gasteiger partial charge in [0.05, 0.1) is 12.2 Å². The molecule has 3 heteroatoms. The molecular formula is C9H15N3. The van der Waals surface area contributed by atoms with Gasteiger partial charge in [0.2, 0.25) is 0 Å². The summed E-state index contributed by atoms with van der Waals surface area (Å²) in [7, 11) is 0. The van der Waals surface area contributed by atoms with Gasteiger partial charge < -0.3 is 5.73 Å². The molecule has 0 saturated carbocycles. The largest absolute Gasteiger partial charge is 0.325 e. The van der Waals surface area contributed by atoms with Crippen molar-refractivity contribution in [1.82, 2.24) is 9.78 Å². The molecule has 1 rings (SSSR count). The first kappa shape index (κ1) is 9.00. The molecule has 12 heavy (non-hydrogen) atoms. The Balaban J connectivity index is 2.58. The molecule has 0 radical (unpaired) electrons. The SMILES string of the molecule is C=C(CC)Cn1ccc(CN)n1. The topological polar surface area (TPSA) is 43.8 Å². The van der Waals surface area contributed by atoms with Crippen molar-refractivity contribution in [1.29, 1.82) is 0 Å². The quantitative estimate of drug-likeness (QED) is 0.683. The van der Waals surface area contributed by atoms with Crippen molar-refractivity contribution in [2.75, 3.05) is 0 Å². The first-order valence-electron chi connectivity index (χ1n) is 4.15. The lowest BCUT2D eigenvalue weighted by Gasteiger charge is -2.01. The van der Waals surface area contributed by atoms with Crippen LogP contribution < -0.4 is 5.73 Å². The van der Waals surface area contributed by atoms with E-state index >= 15 is 0 Å². The fourth-order valence-corrected chi connectivity index (χ4v) is 0.942. The van der Waals surface area contributed by atoms with Crippen LogP contribution in [-0.2, 0) is 13.1 Å². The van der Waals surface area contributed by atoms with Crippen LogP contribution in [0, 0.1) is 0 Å². The molecular weight excluding hydrogens is 150 g/mol. The van der Waals surface area contributed by atoms with E-state index in [2.05, 4.69) is 18.6 Å². The smallest absolute Gasteiger partial charge is 0.0760 e. The van der Waals surface area contributed by atoms with Crippen LogP contribution in [0.25, 0.3) is 0 Å². The monoisotopic (exact) mass is 165 g/mol. The van der Waals surface area contributed by atoms with E-state index in [1.165, 1.54) is 5.57 Å². The van der Waals surface area contributed by atoms with E-state index in [0.717, 1.165) is 18.7 Å². The van der Waals surface area contributed by atoms with Crippen molar-refractivity contribution in [3.63, 3.8) is 0 Å². The van der Waals surface area contributed by atoms with Gasteiger partial charge in [-0.3, -0.25) is 4.68 Å². The van der Waals surface area contributed by atoms with E-state index in [9.17, 15) is 0 Å². The van der Waals surface area contributed by atoms with Crippen LogP contribution >= 0.6 is 0 Å². The third-order valence-electron chi connectivity index (χ3n) is 1.79. The van der Waals surface area contributed by atoms with E-state index < -0.39 is 0 Å². The average molecular weight is 165 g/mol. The van der Waals surface area contributed by atoms with E-state index in [4.69, 9.17) is 5.73 Å². The van der Waals surface area contributed by atoms with Gasteiger partial charge in [-0.2, -0.15) is 5.10 Å². The third-order valence-corrected chi connectivity index (χ3v) is 1.79. The highest BCUT2D eigenvalue weighted by Gasteiger charge is 1.96. The minimum absolute atomic E-state index is 0.506. The second kappa shape index (κ2) is 4.07. The minimum Gasteiger partial charge on any atom is -0.325 e. The van der Waals surface area contributed by atoms with Crippen molar-refractivity contribution in [3.8, 4) is 0 Å². The summed E-state index contributed by atoms with van der Waals surface area (Å²) in [4.78, 5) is 0. The maximum Gasteiger partial charge on any atom is 0.0760 e. The highest BCUT2D eigenvalue weighted by Crippen LogP contribution is 2.01. The van der Waals surface area contributed by atoms with Gasteiger partial charge >= 0.3 is 0 Å². The maximum absolute atomic E-state index is 5.43. The van der Waals surface area contributed by atoms with Crippen molar-refractivity contribution in [2.24, 2.45) is 5.73 Å². The molecule has 0 aliphatic rings. The summed E-state index contributed by atoms with van der Waals surface area (Å²) in [5.41, 5.74) is 7.54. The number of allylic oxidation sites excluding steroid dienone is 1. The standard InChI is InChI=1S/C9H15N3/c1-3-8(2)7-12-5-4-9(6-10)11-12/h4-5H,2-3,6-7,10H2,1H3. The Morgan fingerprint density at radius 3 is 3.00 bits per heavy atom. The zero-order valence-corrected chi connectivity index (χ0v) is 7.45. The van der Waals surface area contributed by atoms with E-state index in [1.807, 2.05) is 16.9 Å². The third kappa shape index (κ3) is 2.20. The molecule has 1 aromatic heterocycles. The van der Waals surface area contributed by atoms with E-state index in [-0.39, 0.29) is 0 Å². The molecule has 0 unspecified atom stereocenters. The first-order valence-corrected chi connectivity index (χ1v) is 4.15. The highest BCUT2D eigenvalue weighted by atomic mass is 15.3. The van der Waals surface area contributed by atoms with Crippen LogP contribution in [0.1, 0.15) is 19.0 Å². The predicted octanol–water partition coefficient (Wildman–Crippen LogP) is 1.31. The van der Waals surface area contributed by atoms with Crippen LogP contribution in [0.5, 0.6) is 0 Å². The fourth-order valence-electron chi connectivity index (χ4n) is 0.942.